The van der Waals surface area contributed by atoms with E-state index in [1.54, 1.807) is 0 Å². The molecule has 0 atom stereocenters. The fourth-order valence-corrected chi connectivity index (χ4v) is 1.80. The van der Waals surface area contributed by atoms with E-state index >= 15 is 0 Å². The van der Waals surface area contributed by atoms with Crippen LogP contribution in [0.2, 0.25) is 10.0 Å². The highest BCUT2D eigenvalue weighted by atomic mass is 35.5. The summed E-state index contributed by atoms with van der Waals surface area (Å²) in [5.74, 6) is -0.712. The Hall–Kier alpha value is -0.970. The number of halogens is 2. The second-order valence-corrected chi connectivity index (χ2v) is 5.36. The summed E-state index contributed by atoms with van der Waals surface area (Å²) in [4.78, 5) is 11.0. The lowest BCUT2D eigenvalue weighted by Gasteiger charge is -2.21. The van der Waals surface area contributed by atoms with Gasteiger partial charge in [-0.1, -0.05) is 23.2 Å². The fourth-order valence-electron chi connectivity index (χ4n) is 1.21. The average Bonchev–Trinajstić information content (AvgIpc) is 2.26. The normalized spacial score (nSPS) is 11.4. The lowest BCUT2D eigenvalue weighted by Crippen LogP contribution is -2.30. The predicted molar refractivity (Wildman–Crippen MR) is 69.3 cm³/mol. The minimum absolute atomic E-state index is 0.0588. The Balaban J connectivity index is 2.95. The molecule has 0 aromatic heterocycles. The molecule has 4 nitrogen and oxygen atoms in total. The van der Waals surface area contributed by atoms with Crippen LogP contribution in [0.25, 0.3) is 0 Å². The monoisotopic (exact) mass is 292 g/mol. The molecule has 0 radical (unpaired) electrons. The van der Waals surface area contributed by atoms with E-state index < -0.39 is 11.4 Å². The van der Waals surface area contributed by atoms with Crippen LogP contribution in [0.1, 0.15) is 19.4 Å². The van der Waals surface area contributed by atoms with Crippen LogP contribution < -0.4 is 4.74 Å². The molecule has 0 aliphatic heterocycles. The first-order valence-electron chi connectivity index (χ1n) is 5.23. The average molecular weight is 293 g/mol. The molecule has 0 saturated carbocycles. The van der Waals surface area contributed by atoms with Crippen molar-refractivity contribution in [2.75, 3.05) is 6.61 Å². The first-order valence-corrected chi connectivity index (χ1v) is 5.98. The predicted octanol–water partition coefficient (Wildman–Crippen LogP) is 2.98. The van der Waals surface area contributed by atoms with E-state index in [4.69, 9.17) is 33.0 Å². The molecule has 0 aliphatic carbocycles. The number of carbonyl (C=O) groups is 1. The van der Waals surface area contributed by atoms with E-state index in [2.05, 4.69) is 0 Å². The number of aliphatic hydroxyl groups excluding tert-OH is 1. The molecule has 1 rings (SSSR count). The summed E-state index contributed by atoms with van der Waals surface area (Å²) < 4.78 is 5.41. The second-order valence-electron chi connectivity index (χ2n) is 4.51. The van der Waals surface area contributed by atoms with Crippen molar-refractivity contribution in [2.24, 2.45) is 5.41 Å². The standard InChI is InChI=1S/C12H14Cl2O4/c1-12(2,11(16)17)6-18-10-7(5-15)3-8(13)4-9(10)14/h3-4,15H,5-6H2,1-2H3,(H,16,17). The van der Waals surface area contributed by atoms with Gasteiger partial charge in [0, 0.05) is 10.6 Å². The maximum Gasteiger partial charge on any atom is 0.312 e. The van der Waals surface area contributed by atoms with Crippen LogP contribution >= 0.6 is 23.2 Å². The van der Waals surface area contributed by atoms with Crippen molar-refractivity contribution >= 4 is 29.2 Å². The van der Waals surface area contributed by atoms with Gasteiger partial charge in [-0.2, -0.15) is 0 Å². The van der Waals surface area contributed by atoms with Crippen molar-refractivity contribution in [1.82, 2.24) is 0 Å². The maximum atomic E-state index is 11.0. The Morgan fingerprint density at radius 1 is 1.39 bits per heavy atom. The molecule has 1 aromatic rings. The lowest BCUT2D eigenvalue weighted by molar-refractivity contribution is -0.148. The third-order valence-corrected chi connectivity index (χ3v) is 2.91. The summed E-state index contributed by atoms with van der Waals surface area (Å²) in [5.41, 5.74) is -0.621. The minimum atomic E-state index is -1.05. The van der Waals surface area contributed by atoms with E-state index in [1.807, 2.05) is 0 Å². The summed E-state index contributed by atoms with van der Waals surface area (Å²) in [6.45, 7) is 2.73. The maximum absolute atomic E-state index is 11.0. The van der Waals surface area contributed by atoms with Gasteiger partial charge in [-0.25, -0.2) is 0 Å². The Morgan fingerprint density at radius 2 is 2.00 bits per heavy atom. The molecule has 100 valence electrons. The van der Waals surface area contributed by atoms with Gasteiger partial charge in [0.15, 0.2) is 0 Å². The SMILES string of the molecule is CC(C)(COc1c(Cl)cc(Cl)cc1CO)C(=O)O. The Morgan fingerprint density at radius 3 is 2.50 bits per heavy atom. The first kappa shape index (κ1) is 15.1. The molecule has 0 bridgehead atoms. The summed E-state index contributed by atoms with van der Waals surface area (Å²) in [6, 6.07) is 3.00. The number of hydrogen-bond acceptors (Lipinski definition) is 3. The van der Waals surface area contributed by atoms with E-state index in [-0.39, 0.29) is 24.0 Å². The van der Waals surface area contributed by atoms with E-state index in [1.165, 1.54) is 26.0 Å². The molecular formula is C12H14Cl2O4. The van der Waals surface area contributed by atoms with Gasteiger partial charge in [0.2, 0.25) is 0 Å². The largest absolute Gasteiger partial charge is 0.490 e. The second kappa shape index (κ2) is 5.78. The molecule has 0 fully saturated rings. The van der Waals surface area contributed by atoms with Crippen molar-refractivity contribution in [3.63, 3.8) is 0 Å². The van der Waals surface area contributed by atoms with Crippen LogP contribution in [0.5, 0.6) is 5.75 Å². The Kier molecular flexibility index (Phi) is 4.85. The lowest BCUT2D eigenvalue weighted by atomic mass is 9.95. The molecule has 18 heavy (non-hydrogen) atoms. The molecular weight excluding hydrogens is 279 g/mol. The van der Waals surface area contributed by atoms with Crippen LogP contribution in [-0.4, -0.2) is 22.8 Å². The molecule has 0 saturated heterocycles. The van der Waals surface area contributed by atoms with Gasteiger partial charge in [-0.05, 0) is 26.0 Å². The zero-order valence-electron chi connectivity index (χ0n) is 10.0. The Bertz CT molecular complexity index is 458. The molecule has 6 heteroatoms. The third-order valence-electron chi connectivity index (χ3n) is 2.41. The number of benzene rings is 1. The van der Waals surface area contributed by atoms with Gasteiger partial charge in [0.25, 0.3) is 0 Å². The van der Waals surface area contributed by atoms with Crippen molar-refractivity contribution in [1.29, 1.82) is 0 Å². The molecule has 0 spiro atoms. The van der Waals surface area contributed by atoms with Crippen LogP contribution in [0.15, 0.2) is 12.1 Å². The van der Waals surface area contributed by atoms with Gasteiger partial charge in [-0.3, -0.25) is 4.79 Å². The summed E-state index contributed by atoms with van der Waals surface area (Å²) in [5, 5.41) is 18.8. The van der Waals surface area contributed by atoms with Crippen molar-refractivity contribution in [3.8, 4) is 5.75 Å². The van der Waals surface area contributed by atoms with E-state index in [9.17, 15) is 9.90 Å². The molecule has 2 N–H and O–H groups in total. The van der Waals surface area contributed by atoms with Gasteiger partial charge in [0.1, 0.15) is 12.4 Å². The van der Waals surface area contributed by atoms with Gasteiger partial charge in [-0.15, -0.1) is 0 Å². The number of carboxylic acid groups (broad SMARTS) is 1. The zero-order chi connectivity index (χ0) is 13.9. The fraction of sp³-hybridized carbons (Fsp3) is 0.417. The molecule has 0 unspecified atom stereocenters. The highest BCUT2D eigenvalue weighted by Crippen LogP contribution is 2.33. The highest BCUT2D eigenvalue weighted by Gasteiger charge is 2.28. The number of rotatable bonds is 5. The Labute approximate surface area is 115 Å². The number of hydrogen-bond donors (Lipinski definition) is 2. The van der Waals surface area contributed by atoms with E-state index in [0.29, 0.717) is 10.6 Å². The summed E-state index contributed by atoms with van der Waals surface area (Å²) in [7, 11) is 0. The van der Waals surface area contributed by atoms with Crippen LogP contribution in [0.3, 0.4) is 0 Å². The highest BCUT2D eigenvalue weighted by molar-refractivity contribution is 6.35. The minimum Gasteiger partial charge on any atom is -0.490 e. The molecule has 0 amide bonds. The first-order chi connectivity index (χ1) is 8.27. The van der Waals surface area contributed by atoms with Gasteiger partial charge >= 0.3 is 5.97 Å². The van der Waals surface area contributed by atoms with Crippen molar-refractivity contribution in [2.45, 2.75) is 20.5 Å². The number of aliphatic carboxylic acids is 1. The van der Waals surface area contributed by atoms with Crippen LogP contribution in [0.4, 0.5) is 0 Å². The summed E-state index contributed by atoms with van der Waals surface area (Å²) >= 11 is 11.8. The summed E-state index contributed by atoms with van der Waals surface area (Å²) in [6.07, 6.45) is 0. The van der Waals surface area contributed by atoms with Crippen LogP contribution in [0, 0.1) is 5.41 Å². The van der Waals surface area contributed by atoms with Gasteiger partial charge in [0.05, 0.1) is 17.0 Å². The number of aliphatic hydroxyl groups is 1. The van der Waals surface area contributed by atoms with Crippen molar-refractivity contribution < 1.29 is 19.7 Å². The quantitative estimate of drug-likeness (QED) is 0.876. The van der Waals surface area contributed by atoms with Crippen LogP contribution in [-0.2, 0) is 11.4 Å². The molecule has 0 aliphatic rings. The zero-order valence-corrected chi connectivity index (χ0v) is 11.5. The number of carboxylic acids is 1. The topological polar surface area (TPSA) is 66.8 Å². The number of ether oxygens (including phenoxy) is 1. The smallest absolute Gasteiger partial charge is 0.312 e. The van der Waals surface area contributed by atoms with Crippen molar-refractivity contribution in [3.05, 3.63) is 27.7 Å². The van der Waals surface area contributed by atoms with Gasteiger partial charge < -0.3 is 14.9 Å². The third kappa shape index (κ3) is 3.51. The molecule has 1 aromatic carbocycles. The molecule has 0 heterocycles. The van der Waals surface area contributed by atoms with E-state index in [0.717, 1.165) is 0 Å².